The van der Waals surface area contributed by atoms with Crippen LogP contribution in [0.2, 0.25) is 0 Å². The summed E-state index contributed by atoms with van der Waals surface area (Å²) in [5.74, 6) is 4.47. The molecule has 118 valence electrons. The second kappa shape index (κ2) is 4.57. The molecule has 4 rings (SSSR count). The number of rotatable bonds is 0. The predicted molar refractivity (Wildman–Crippen MR) is 82.7 cm³/mol. The smallest absolute Gasteiger partial charge is 0.139 e. The molecule has 7 atom stereocenters. The fourth-order valence-electron chi connectivity index (χ4n) is 6.85. The van der Waals surface area contributed by atoms with Crippen LogP contribution < -0.4 is 0 Å². The summed E-state index contributed by atoms with van der Waals surface area (Å²) in [6, 6.07) is 0. The van der Waals surface area contributed by atoms with E-state index in [4.69, 9.17) is 0 Å². The summed E-state index contributed by atoms with van der Waals surface area (Å²) >= 11 is 0. The molecule has 4 fully saturated rings. The minimum Gasteiger partial charge on any atom is -0.390 e. The van der Waals surface area contributed by atoms with Crippen molar-refractivity contribution < 1.29 is 9.90 Å². The maximum absolute atomic E-state index is 12.3. The lowest BCUT2D eigenvalue weighted by atomic mass is 9.50. The molecule has 1 N–H and O–H groups in total. The molecular weight excluding hydrogens is 260 g/mol. The van der Waals surface area contributed by atoms with Crippen LogP contribution in [0.1, 0.15) is 71.6 Å². The summed E-state index contributed by atoms with van der Waals surface area (Å²) in [5.41, 5.74) is -0.394. The van der Waals surface area contributed by atoms with E-state index in [9.17, 15) is 9.90 Å². The third kappa shape index (κ3) is 2.04. The van der Waals surface area contributed by atoms with Gasteiger partial charge < -0.3 is 5.11 Å². The van der Waals surface area contributed by atoms with E-state index in [0.29, 0.717) is 11.7 Å². The van der Waals surface area contributed by atoms with Crippen LogP contribution in [0, 0.1) is 35.0 Å². The van der Waals surface area contributed by atoms with Gasteiger partial charge in [-0.3, -0.25) is 4.79 Å². The van der Waals surface area contributed by atoms with Crippen LogP contribution in [-0.4, -0.2) is 16.5 Å². The largest absolute Gasteiger partial charge is 0.390 e. The Morgan fingerprint density at radius 3 is 2.52 bits per heavy atom. The maximum Gasteiger partial charge on any atom is 0.139 e. The van der Waals surface area contributed by atoms with Gasteiger partial charge in [0.05, 0.1) is 5.60 Å². The first-order valence-corrected chi connectivity index (χ1v) is 9.16. The Morgan fingerprint density at radius 1 is 0.952 bits per heavy atom. The van der Waals surface area contributed by atoms with Crippen molar-refractivity contribution in [2.24, 2.45) is 35.0 Å². The van der Waals surface area contributed by atoms with Gasteiger partial charge in [0.15, 0.2) is 0 Å². The van der Waals surface area contributed by atoms with E-state index in [2.05, 4.69) is 6.92 Å². The fourth-order valence-corrected chi connectivity index (χ4v) is 6.85. The van der Waals surface area contributed by atoms with Crippen molar-refractivity contribution in [1.29, 1.82) is 0 Å². The molecule has 0 amide bonds. The first-order chi connectivity index (χ1) is 9.91. The SMILES string of the molecule is C[C@]1(O)CC[C@H]2[C@@H](CC[C@@H]3[C@@H]2CC[C@]2(C)C(=O)CC[C@@H]32)C1. The zero-order valence-corrected chi connectivity index (χ0v) is 13.6. The Kier molecular flexibility index (Phi) is 3.10. The normalized spacial score (nSPS) is 56.5. The second-order valence-corrected chi connectivity index (χ2v) is 9.09. The number of carbonyl (C=O) groups excluding carboxylic acids is 1. The molecule has 2 nitrogen and oxygen atoms in total. The Hall–Kier alpha value is -0.370. The zero-order valence-electron chi connectivity index (χ0n) is 13.6. The van der Waals surface area contributed by atoms with Gasteiger partial charge in [-0.2, -0.15) is 0 Å². The van der Waals surface area contributed by atoms with Crippen LogP contribution in [0.25, 0.3) is 0 Å². The highest BCUT2D eigenvalue weighted by molar-refractivity contribution is 5.87. The minimum absolute atomic E-state index is 0.0220. The van der Waals surface area contributed by atoms with Crippen molar-refractivity contribution in [2.45, 2.75) is 77.2 Å². The van der Waals surface area contributed by atoms with Gasteiger partial charge in [-0.05, 0) is 87.9 Å². The van der Waals surface area contributed by atoms with Gasteiger partial charge in [-0.1, -0.05) is 6.92 Å². The number of aliphatic hydroxyl groups is 1. The molecule has 0 unspecified atom stereocenters. The molecule has 0 spiro atoms. The average molecular weight is 290 g/mol. The second-order valence-electron chi connectivity index (χ2n) is 9.09. The van der Waals surface area contributed by atoms with Crippen molar-refractivity contribution in [3.05, 3.63) is 0 Å². The topological polar surface area (TPSA) is 37.3 Å². The Labute approximate surface area is 128 Å². The van der Waals surface area contributed by atoms with Crippen molar-refractivity contribution in [3.63, 3.8) is 0 Å². The van der Waals surface area contributed by atoms with Gasteiger partial charge in [0.25, 0.3) is 0 Å². The molecule has 0 aliphatic heterocycles. The molecule has 0 heterocycles. The van der Waals surface area contributed by atoms with Gasteiger partial charge in [-0.25, -0.2) is 0 Å². The summed E-state index contributed by atoms with van der Waals surface area (Å²) in [4.78, 5) is 12.3. The average Bonchev–Trinajstić information content (AvgIpc) is 2.73. The molecule has 0 aromatic carbocycles. The number of Topliss-reactive ketones (excluding diaryl/α,β-unsaturated/α-hetero) is 1. The predicted octanol–water partition coefficient (Wildman–Crippen LogP) is 3.96. The summed E-state index contributed by atoms with van der Waals surface area (Å²) in [7, 11) is 0. The zero-order chi connectivity index (χ0) is 14.8. The molecule has 4 aliphatic rings. The van der Waals surface area contributed by atoms with E-state index >= 15 is 0 Å². The lowest BCUT2D eigenvalue weighted by molar-refractivity contribution is -0.134. The third-order valence-electron chi connectivity index (χ3n) is 7.95. The van der Waals surface area contributed by atoms with Gasteiger partial charge >= 0.3 is 0 Å². The van der Waals surface area contributed by atoms with Crippen molar-refractivity contribution in [1.82, 2.24) is 0 Å². The van der Waals surface area contributed by atoms with E-state index in [1.807, 2.05) is 6.92 Å². The van der Waals surface area contributed by atoms with E-state index in [0.717, 1.165) is 55.8 Å². The Balaban J connectivity index is 1.57. The number of carbonyl (C=O) groups is 1. The monoisotopic (exact) mass is 290 g/mol. The maximum atomic E-state index is 12.3. The molecule has 4 aliphatic carbocycles. The minimum atomic E-state index is -0.416. The van der Waals surface area contributed by atoms with Crippen LogP contribution in [0.15, 0.2) is 0 Å². The molecule has 21 heavy (non-hydrogen) atoms. The summed E-state index contributed by atoms with van der Waals surface area (Å²) < 4.78 is 0. The molecule has 4 saturated carbocycles. The first-order valence-electron chi connectivity index (χ1n) is 9.16. The van der Waals surface area contributed by atoms with Crippen molar-refractivity contribution >= 4 is 5.78 Å². The third-order valence-corrected chi connectivity index (χ3v) is 7.95. The Bertz CT molecular complexity index is 454. The van der Waals surface area contributed by atoms with Crippen molar-refractivity contribution in [3.8, 4) is 0 Å². The van der Waals surface area contributed by atoms with E-state index < -0.39 is 5.60 Å². The number of hydrogen-bond donors (Lipinski definition) is 1. The molecule has 2 heteroatoms. The van der Waals surface area contributed by atoms with E-state index in [1.165, 1.54) is 25.7 Å². The molecule has 0 radical (unpaired) electrons. The van der Waals surface area contributed by atoms with Crippen LogP contribution in [-0.2, 0) is 4.79 Å². The van der Waals surface area contributed by atoms with Crippen LogP contribution in [0.5, 0.6) is 0 Å². The van der Waals surface area contributed by atoms with Crippen LogP contribution in [0.4, 0.5) is 0 Å². The van der Waals surface area contributed by atoms with Gasteiger partial charge in [0.1, 0.15) is 5.78 Å². The highest BCUT2D eigenvalue weighted by Gasteiger charge is 2.57. The summed E-state index contributed by atoms with van der Waals surface area (Å²) in [5, 5.41) is 10.4. The molecule has 0 aromatic rings. The number of ketones is 1. The first kappa shape index (κ1) is 14.2. The molecule has 0 bridgehead atoms. The van der Waals surface area contributed by atoms with Gasteiger partial charge in [0.2, 0.25) is 0 Å². The molecule has 0 saturated heterocycles. The lowest BCUT2D eigenvalue weighted by Gasteiger charge is -2.55. The molecule has 0 aromatic heterocycles. The van der Waals surface area contributed by atoms with Crippen LogP contribution in [0.3, 0.4) is 0 Å². The highest BCUT2D eigenvalue weighted by atomic mass is 16.3. The highest BCUT2D eigenvalue weighted by Crippen LogP contribution is 2.61. The van der Waals surface area contributed by atoms with Gasteiger partial charge in [0, 0.05) is 11.8 Å². The lowest BCUT2D eigenvalue weighted by Crippen LogP contribution is -2.50. The fraction of sp³-hybridized carbons (Fsp3) is 0.947. The summed E-state index contributed by atoms with van der Waals surface area (Å²) in [6.45, 7) is 4.30. The van der Waals surface area contributed by atoms with Gasteiger partial charge in [-0.15, -0.1) is 0 Å². The van der Waals surface area contributed by atoms with E-state index in [1.54, 1.807) is 0 Å². The van der Waals surface area contributed by atoms with Crippen LogP contribution >= 0.6 is 0 Å². The number of fused-ring (bicyclic) bond motifs is 5. The van der Waals surface area contributed by atoms with E-state index in [-0.39, 0.29) is 5.41 Å². The quantitative estimate of drug-likeness (QED) is 0.733. The van der Waals surface area contributed by atoms with Crippen molar-refractivity contribution in [2.75, 3.05) is 0 Å². The Morgan fingerprint density at radius 2 is 1.71 bits per heavy atom. The number of hydrogen-bond acceptors (Lipinski definition) is 2. The molecular formula is C19H30O2. The summed E-state index contributed by atoms with van der Waals surface area (Å²) in [6.07, 6.45) is 10.2. The standard InChI is InChI=1S/C19H30O2/c1-18(21)9-7-13-12(11-18)3-4-15-14(13)8-10-19(2)16(15)5-6-17(19)20/h12-16,21H,3-11H2,1-2H3/t12-,13-,14+,15+,16-,18-,19-/m0/s1.